The highest BCUT2D eigenvalue weighted by Crippen LogP contribution is 2.26. The normalized spacial score (nSPS) is 22.1. The first-order valence-corrected chi connectivity index (χ1v) is 14.9. The van der Waals surface area contributed by atoms with E-state index in [4.69, 9.17) is 28.4 Å². The van der Waals surface area contributed by atoms with Crippen molar-refractivity contribution >= 4 is 5.91 Å². The molecule has 4 rings (SSSR count). The fourth-order valence-corrected chi connectivity index (χ4v) is 4.54. The summed E-state index contributed by atoms with van der Waals surface area (Å²) in [5.74, 6) is 0.0988. The van der Waals surface area contributed by atoms with Gasteiger partial charge in [0, 0.05) is 38.8 Å². The van der Waals surface area contributed by atoms with Gasteiger partial charge in [0.25, 0.3) is 0 Å². The van der Waals surface area contributed by atoms with Crippen LogP contribution in [0.3, 0.4) is 0 Å². The first kappa shape index (κ1) is 30.4. The number of unbranched alkanes of at least 4 members (excludes halogenated alkanes) is 3. The SMILES string of the molecule is O=C(CC(c1ccccc1)N(CCCCOCC1CO1)CCCCOCC1CO1)NCCCCOCC1CO1. The minimum Gasteiger partial charge on any atom is -0.379 e. The lowest BCUT2D eigenvalue weighted by Gasteiger charge is -2.32. The molecule has 3 aliphatic heterocycles. The zero-order chi connectivity index (χ0) is 27.0. The van der Waals surface area contributed by atoms with Crippen molar-refractivity contribution in [2.75, 3.05) is 79.1 Å². The first-order valence-electron chi connectivity index (χ1n) is 14.9. The van der Waals surface area contributed by atoms with Crippen LogP contribution < -0.4 is 5.32 Å². The van der Waals surface area contributed by atoms with Gasteiger partial charge in [-0.05, 0) is 57.2 Å². The van der Waals surface area contributed by atoms with Crippen molar-refractivity contribution in [1.82, 2.24) is 10.2 Å². The molecule has 9 heteroatoms. The van der Waals surface area contributed by atoms with Crippen LogP contribution in [-0.4, -0.2) is 108 Å². The highest BCUT2D eigenvalue weighted by Gasteiger charge is 2.25. The summed E-state index contributed by atoms with van der Waals surface area (Å²) < 4.78 is 32.7. The summed E-state index contributed by atoms with van der Waals surface area (Å²) in [5.41, 5.74) is 1.19. The summed E-state index contributed by atoms with van der Waals surface area (Å²) in [6.07, 6.45) is 7.26. The third kappa shape index (κ3) is 14.0. The lowest BCUT2D eigenvalue weighted by molar-refractivity contribution is -0.122. The minimum atomic E-state index is 0.0367. The molecule has 4 atom stereocenters. The van der Waals surface area contributed by atoms with E-state index in [1.807, 2.05) is 6.07 Å². The van der Waals surface area contributed by atoms with Crippen molar-refractivity contribution in [3.8, 4) is 0 Å². The number of benzene rings is 1. The van der Waals surface area contributed by atoms with Crippen LogP contribution in [0.5, 0.6) is 0 Å². The van der Waals surface area contributed by atoms with Crippen molar-refractivity contribution in [2.24, 2.45) is 0 Å². The number of hydrogen-bond acceptors (Lipinski definition) is 8. The predicted molar refractivity (Wildman–Crippen MR) is 148 cm³/mol. The van der Waals surface area contributed by atoms with Crippen LogP contribution in [0.15, 0.2) is 30.3 Å². The Morgan fingerprint density at radius 2 is 1.26 bits per heavy atom. The number of ether oxygens (including phenoxy) is 6. The van der Waals surface area contributed by atoms with E-state index >= 15 is 0 Å². The lowest BCUT2D eigenvalue weighted by atomic mass is 10.0. The molecule has 3 saturated heterocycles. The van der Waals surface area contributed by atoms with Crippen molar-refractivity contribution < 1.29 is 33.2 Å². The Morgan fingerprint density at radius 3 is 1.74 bits per heavy atom. The maximum atomic E-state index is 13.0. The fraction of sp³-hybridized carbons (Fsp3) is 0.767. The standard InChI is InChI=1S/C30H48N2O7/c33-30(31-12-4-7-15-34-19-26-22-37-26)18-29(25-10-2-1-3-11-25)32(13-5-8-16-35-20-27-23-38-27)14-6-9-17-36-21-28-24-39-28/h1-3,10-11,26-29H,4-9,12-24H2,(H,31,33). The van der Waals surface area contributed by atoms with Crippen molar-refractivity contribution in [3.05, 3.63) is 35.9 Å². The largest absolute Gasteiger partial charge is 0.379 e. The van der Waals surface area contributed by atoms with Gasteiger partial charge < -0.3 is 33.7 Å². The van der Waals surface area contributed by atoms with Crippen molar-refractivity contribution in [3.63, 3.8) is 0 Å². The molecule has 1 N–H and O–H groups in total. The number of carbonyl (C=O) groups excluding carboxylic acids is 1. The van der Waals surface area contributed by atoms with E-state index in [2.05, 4.69) is 34.5 Å². The summed E-state index contributed by atoms with van der Waals surface area (Å²) >= 11 is 0. The lowest BCUT2D eigenvalue weighted by Crippen LogP contribution is -2.36. The van der Waals surface area contributed by atoms with Gasteiger partial charge in [-0.15, -0.1) is 0 Å². The molecule has 1 aromatic carbocycles. The highest BCUT2D eigenvalue weighted by molar-refractivity contribution is 5.76. The molecule has 0 bridgehead atoms. The topological polar surface area (TPSA) is 97.6 Å². The summed E-state index contributed by atoms with van der Waals surface area (Å²) in [6, 6.07) is 10.5. The molecule has 220 valence electrons. The molecule has 0 aliphatic carbocycles. The molecule has 0 saturated carbocycles. The molecule has 3 fully saturated rings. The first-order chi connectivity index (χ1) is 19.3. The third-order valence-electron chi connectivity index (χ3n) is 7.13. The molecular formula is C30H48N2O7. The average molecular weight is 549 g/mol. The predicted octanol–water partition coefficient (Wildman–Crippen LogP) is 3.12. The maximum absolute atomic E-state index is 13.0. The van der Waals surface area contributed by atoms with E-state index in [1.54, 1.807) is 0 Å². The van der Waals surface area contributed by atoms with Crippen molar-refractivity contribution in [1.29, 1.82) is 0 Å². The number of epoxide rings is 3. The van der Waals surface area contributed by atoms with Crippen LogP contribution in [0, 0.1) is 0 Å². The van der Waals surface area contributed by atoms with E-state index in [1.165, 1.54) is 5.56 Å². The Balaban J connectivity index is 1.21. The van der Waals surface area contributed by atoms with Crippen LogP contribution in [-0.2, 0) is 33.2 Å². The van der Waals surface area contributed by atoms with Crippen LogP contribution in [0.4, 0.5) is 0 Å². The van der Waals surface area contributed by atoms with Gasteiger partial charge in [-0.2, -0.15) is 0 Å². The molecule has 0 radical (unpaired) electrons. The van der Waals surface area contributed by atoms with E-state index in [0.717, 1.165) is 84.6 Å². The third-order valence-corrected chi connectivity index (χ3v) is 7.13. The van der Waals surface area contributed by atoms with Gasteiger partial charge in [-0.25, -0.2) is 0 Å². The number of carbonyl (C=O) groups is 1. The van der Waals surface area contributed by atoms with E-state index < -0.39 is 0 Å². The Morgan fingerprint density at radius 1 is 0.769 bits per heavy atom. The molecule has 39 heavy (non-hydrogen) atoms. The quantitative estimate of drug-likeness (QED) is 0.147. The smallest absolute Gasteiger partial charge is 0.221 e. The highest BCUT2D eigenvalue weighted by atomic mass is 16.6. The second-order valence-electron chi connectivity index (χ2n) is 10.7. The number of amides is 1. The zero-order valence-electron chi connectivity index (χ0n) is 23.4. The molecule has 3 aliphatic rings. The molecule has 1 amide bonds. The van der Waals surface area contributed by atoms with Crippen LogP contribution in [0.1, 0.15) is 56.6 Å². The fourth-order valence-electron chi connectivity index (χ4n) is 4.54. The van der Waals surface area contributed by atoms with E-state index in [-0.39, 0.29) is 11.9 Å². The molecule has 9 nitrogen and oxygen atoms in total. The average Bonchev–Trinajstić information content (AvgIpc) is 3.80. The Hall–Kier alpha value is -1.59. The van der Waals surface area contributed by atoms with E-state index in [0.29, 0.717) is 57.7 Å². The minimum absolute atomic E-state index is 0.0367. The maximum Gasteiger partial charge on any atom is 0.221 e. The molecule has 4 unspecified atom stereocenters. The molecule has 0 aromatic heterocycles. The van der Waals surface area contributed by atoms with E-state index in [9.17, 15) is 4.79 Å². The van der Waals surface area contributed by atoms with Gasteiger partial charge in [0.05, 0.1) is 39.6 Å². The molecule has 3 heterocycles. The Kier molecular flexibility index (Phi) is 14.0. The van der Waals surface area contributed by atoms with Gasteiger partial charge in [0.2, 0.25) is 5.91 Å². The summed E-state index contributed by atoms with van der Waals surface area (Å²) in [5, 5.41) is 3.14. The number of nitrogens with one attached hydrogen (secondary N) is 1. The number of nitrogens with zero attached hydrogens (tertiary/aromatic N) is 1. The molecule has 0 spiro atoms. The monoisotopic (exact) mass is 548 g/mol. The second-order valence-corrected chi connectivity index (χ2v) is 10.7. The van der Waals surface area contributed by atoms with Gasteiger partial charge >= 0.3 is 0 Å². The second kappa shape index (κ2) is 18.0. The Bertz CT molecular complexity index is 763. The van der Waals surface area contributed by atoms with Crippen molar-refractivity contribution in [2.45, 2.75) is 69.3 Å². The van der Waals surface area contributed by atoms with Gasteiger partial charge in [0.15, 0.2) is 0 Å². The molecular weight excluding hydrogens is 500 g/mol. The summed E-state index contributed by atoms with van der Waals surface area (Å²) in [6.45, 7) is 9.30. The van der Waals surface area contributed by atoms with Gasteiger partial charge in [0.1, 0.15) is 18.3 Å². The Labute approximate surface area is 233 Å². The summed E-state index contributed by atoms with van der Waals surface area (Å²) in [4.78, 5) is 15.5. The summed E-state index contributed by atoms with van der Waals surface area (Å²) in [7, 11) is 0. The van der Waals surface area contributed by atoms with Crippen LogP contribution in [0.2, 0.25) is 0 Å². The number of hydrogen-bond donors (Lipinski definition) is 1. The zero-order valence-corrected chi connectivity index (χ0v) is 23.4. The van der Waals surface area contributed by atoms with Gasteiger partial charge in [-0.1, -0.05) is 30.3 Å². The van der Waals surface area contributed by atoms with Gasteiger partial charge in [-0.3, -0.25) is 9.69 Å². The molecule has 1 aromatic rings. The number of rotatable bonds is 25. The van der Waals surface area contributed by atoms with Crippen LogP contribution in [0.25, 0.3) is 0 Å². The van der Waals surface area contributed by atoms with Crippen LogP contribution >= 0.6 is 0 Å².